The summed E-state index contributed by atoms with van der Waals surface area (Å²) in [6.07, 6.45) is 8.52. The van der Waals surface area contributed by atoms with Gasteiger partial charge in [0.05, 0.1) is 11.5 Å². The molecule has 2 atom stereocenters. The molecule has 1 aromatic carbocycles. The lowest BCUT2D eigenvalue weighted by Crippen LogP contribution is -2.55. The number of carbonyl (C=O) groups is 3. The number of halogens is 1. The summed E-state index contributed by atoms with van der Waals surface area (Å²) in [5.41, 5.74) is 0.729. The largest absolute Gasteiger partial charge is 0.447 e. The molecule has 0 aromatic heterocycles. The molecule has 5 rings (SSSR count). The van der Waals surface area contributed by atoms with E-state index in [9.17, 15) is 14.4 Å². The smallest absolute Gasteiger partial charge is 0.410 e. The van der Waals surface area contributed by atoms with Crippen molar-refractivity contribution in [3.63, 3.8) is 0 Å². The fourth-order valence-corrected chi connectivity index (χ4v) is 7.36. The summed E-state index contributed by atoms with van der Waals surface area (Å²) >= 11 is 6.07. The zero-order valence-corrected chi connectivity index (χ0v) is 22.4. The molecule has 2 heterocycles. The van der Waals surface area contributed by atoms with Gasteiger partial charge in [-0.25, -0.2) is 4.79 Å². The average Bonchev–Trinajstić information content (AvgIpc) is 3.39. The van der Waals surface area contributed by atoms with Crippen LogP contribution in [0.1, 0.15) is 83.1 Å². The third-order valence-electron chi connectivity index (χ3n) is 9.51. The van der Waals surface area contributed by atoms with Crippen LogP contribution in [0.4, 0.5) is 4.79 Å². The molecule has 2 aliphatic heterocycles. The van der Waals surface area contributed by atoms with Crippen molar-refractivity contribution in [2.75, 3.05) is 26.2 Å². The van der Waals surface area contributed by atoms with E-state index in [1.807, 2.05) is 34.1 Å². The van der Waals surface area contributed by atoms with Gasteiger partial charge in [0.15, 0.2) is 0 Å². The second-order valence-electron chi connectivity index (χ2n) is 12.2. The molecular formula is C29H39ClN2O4. The molecule has 0 bridgehead atoms. The lowest BCUT2D eigenvalue weighted by atomic mass is 9.63. The molecule has 196 valence electrons. The van der Waals surface area contributed by atoms with Crippen LogP contribution in [-0.2, 0) is 14.3 Å². The van der Waals surface area contributed by atoms with Gasteiger partial charge in [0.25, 0.3) is 0 Å². The Morgan fingerprint density at radius 3 is 2.31 bits per heavy atom. The fraction of sp³-hybridized carbons (Fsp3) is 0.690. The second kappa shape index (κ2) is 10.00. The van der Waals surface area contributed by atoms with Gasteiger partial charge in [-0.3, -0.25) is 14.5 Å². The predicted molar refractivity (Wildman–Crippen MR) is 139 cm³/mol. The minimum Gasteiger partial charge on any atom is -0.447 e. The molecule has 0 unspecified atom stereocenters. The Hall–Kier alpha value is -2.08. The first-order valence-electron chi connectivity index (χ1n) is 13.7. The van der Waals surface area contributed by atoms with E-state index >= 15 is 0 Å². The van der Waals surface area contributed by atoms with Crippen molar-refractivity contribution < 1.29 is 19.1 Å². The summed E-state index contributed by atoms with van der Waals surface area (Å²) in [7, 11) is 0. The van der Waals surface area contributed by atoms with E-state index in [2.05, 4.69) is 13.8 Å². The Bertz CT molecular complexity index is 993. The monoisotopic (exact) mass is 514 g/mol. The molecule has 0 radical (unpaired) electrons. The Kier molecular flexibility index (Phi) is 7.10. The summed E-state index contributed by atoms with van der Waals surface area (Å²) in [4.78, 5) is 42.8. The zero-order valence-electron chi connectivity index (χ0n) is 21.6. The first-order chi connectivity index (χ1) is 17.2. The van der Waals surface area contributed by atoms with Gasteiger partial charge < -0.3 is 9.64 Å². The van der Waals surface area contributed by atoms with E-state index in [4.69, 9.17) is 16.3 Å². The van der Waals surface area contributed by atoms with Crippen LogP contribution < -0.4 is 0 Å². The van der Waals surface area contributed by atoms with Gasteiger partial charge in [0.2, 0.25) is 5.91 Å². The summed E-state index contributed by atoms with van der Waals surface area (Å²) < 4.78 is 5.43. The maximum atomic E-state index is 13.7. The number of Topliss-reactive ketones (excluding diaryl/α,β-unsaturated/α-hetero) is 1. The minimum absolute atomic E-state index is 0.0128. The minimum atomic E-state index is -0.304. The highest BCUT2D eigenvalue weighted by atomic mass is 35.5. The van der Waals surface area contributed by atoms with E-state index < -0.39 is 0 Å². The van der Waals surface area contributed by atoms with Crippen LogP contribution in [0.2, 0.25) is 5.02 Å². The average molecular weight is 515 g/mol. The molecule has 36 heavy (non-hydrogen) atoms. The number of hydrogen-bond donors (Lipinski definition) is 0. The Morgan fingerprint density at radius 2 is 1.69 bits per heavy atom. The first-order valence-corrected chi connectivity index (χ1v) is 14.1. The van der Waals surface area contributed by atoms with Crippen LogP contribution >= 0.6 is 11.6 Å². The number of ketones is 1. The molecular weight excluding hydrogens is 476 g/mol. The number of hydrogen-bond acceptors (Lipinski definition) is 4. The van der Waals surface area contributed by atoms with E-state index in [1.54, 1.807) is 0 Å². The maximum absolute atomic E-state index is 13.7. The SMILES string of the molecule is CC1(C)COC(=O)N1CC1(C2CCCCC2)CCN(C(=O)[C@@H]2CC(=O)C[C@H]2c2ccc(Cl)cc2)CC1. The van der Waals surface area contributed by atoms with Gasteiger partial charge in [0, 0.05) is 43.4 Å². The lowest BCUT2D eigenvalue weighted by Gasteiger charge is -2.51. The third kappa shape index (κ3) is 4.90. The Morgan fingerprint density at radius 1 is 1.03 bits per heavy atom. The topological polar surface area (TPSA) is 66.9 Å². The Labute approximate surface area is 219 Å². The molecule has 2 saturated carbocycles. The summed E-state index contributed by atoms with van der Waals surface area (Å²) in [6.45, 7) is 6.69. The molecule has 2 saturated heterocycles. The van der Waals surface area contributed by atoms with Crippen molar-refractivity contribution in [1.82, 2.24) is 9.80 Å². The first kappa shape index (κ1) is 25.6. The number of nitrogens with zero attached hydrogens (tertiary/aromatic N) is 2. The molecule has 7 heteroatoms. The molecule has 0 N–H and O–H groups in total. The van der Waals surface area contributed by atoms with Crippen LogP contribution in [-0.4, -0.2) is 59.4 Å². The van der Waals surface area contributed by atoms with Gasteiger partial charge in [-0.1, -0.05) is 43.0 Å². The molecule has 2 amide bonds. The normalized spacial score (nSPS) is 28.4. The van der Waals surface area contributed by atoms with Gasteiger partial charge in [0.1, 0.15) is 12.4 Å². The highest BCUT2D eigenvalue weighted by molar-refractivity contribution is 6.30. The number of amides is 2. The number of piperidine rings is 1. The van der Waals surface area contributed by atoms with E-state index in [0.717, 1.165) is 18.4 Å². The van der Waals surface area contributed by atoms with Crippen LogP contribution in [0.25, 0.3) is 0 Å². The van der Waals surface area contributed by atoms with E-state index in [0.29, 0.717) is 50.0 Å². The molecule has 4 aliphatic rings. The second-order valence-corrected chi connectivity index (χ2v) is 12.6. The van der Waals surface area contributed by atoms with E-state index in [-0.39, 0.29) is 40.6 Å². The highest BCUT2D eigenvalue weighted by Gasteiger charge is 2.50. The standard InChI is InChI=1S/C29H39ClN2O4/c1-28(2)19-36-27(35)32(28)18-29(21-6-4-3-5-7-21)12-14-31(15-13-29)26(34)25-17-23(33)16-24(25)20-8-10-22(30)11-9-20/h8-11,21,24-25H,3-7,12-19H2,1-2H3/t24-,25+/m0/s1. The van der Waals surface area contributed by atoms with Crippen molar-refractivity contribution >= 4 is 29.4 Å². The predicted octanol–water partition coefficient (Wildman–Crippen LogP) is 5.82. The molecule has 1 aromatic rings. The van der Waals surface area contributed by atoms with Crippen molar-refractivity contribution in [3.8, 4) is 0 Å². The van der Waals surface area contributed by atoms with Gasteiger partial charge in [-0.15, -0.1) is 0 Å². The van der Waals surface area contributed by atoms with Crippen molar-refractivity contribution in [2.24, 2.45) is 17.3 Å². The summed E-state index contributed by atoms with van der Waals surface area (Å²) in [6, 6.07) is 7.58. The maximum Gasteiger partial charge on any atom is 0.410 e. The Balaban J connectivity index is 1.32. The molecule has 4 fully saturated rings. The van der Waals surface area contributed by atoms with Gasteiger partial charge in [-0.2, -0.15) is 0 Å². The number of cyclic esters (lactones) is 1. The van der Waals surface area contributed by atoms with Crippen LogP contribution in [0.5, 0.6) is 0 Å². The van der Waals surface area contributed by atoms with Gasteiger partial charge in [-0.05, 0) is 68.6 Å². The number of rotatable bonds is 5. The number of benzene rings is 1. The molecule has 2 aliphatic carbocycles. The van der Waals surface area contributed by atoms with Gasteiger partial charge >= 0.3 is 6.09 Å². The van der Waals surface area contributed by atoms with Crippen LogP contribution in [0, 0.1) is 17.3 Å². The highest BCUT2D eigenvalue weighted by Crippen LogP contribution is 2.48. The van der Waals surface area contributed by atoms with Crippen molar-refractivity contribution in [3.05, 3.63) is 34.9 Å². The molecule has 0 spiro atoms. The van der Waals surface area contributed by atoms with Crippen LogP contribution in [0.15, 0.2) is 24.3 Å². The van der Waals surface area contributed by atoms with Crippen molar-refractivity contribution in [2.45, 2.75) is 83.1 Å². The summed E-state index contributed by atoms with van der Waals surface area (Å²) in [5.74, 6) is 0.471. The van der Waals surface area contributed by atoms with Crippen LogP contribution in [0.3, 0.4) is 0 Å². The molecule has 6 nitrogen and oxygen atoms in total. The quantitative estimate of drug-likeness (QED) is 0.496. The number of carbonyl (C=O) groups excluding carboxylic acids is 3. The zero-order chi connectivity index (χ0) is 25.5. The fourth-order valence-electron chi connectivity index (χ4n) is 7.23. The number of ether oxygens (including phenoxy) is 1. The lowest BCUT2D eigenvalue weighted by molar-refractivity contribution is -0.140. The number of likely N-dealkylation sites (tertiary alicyclic amines) is 1. The third-order valence-corrected chi connectivity index (χ3v) is 9.76. The van der Waals surface area contributed by atoms with E-state index in [1.165, 1.54) is 32.1 Å². The van der Waals surface area contributed by atoms with Crippen molar-refractivity contribution in [1.29, 1.82) is 0 Å². The summed E-state index contributed by atoms with van der Waals surface area (Å²) in [5, 5.41) is 0.658.